The van der Waals surface area contributed by atoms with E-state index >= 15 is 0 Å². The molecule has 0 amide bonds. The van der Waals surface area contributed by atoms with E-state index in [4.69, 9.17) is 0 Å². The van der Waals surface area contributed by atoms with Crippen molar-refractivity contribution in [1.82, 2.24) is 0 Å². The van der Waals surface area contributed by atoms with Crippen LogP contribution in [-0.4, -0.2) is 18.9 Å². The normalized spacial score (nSPS) is 7.22. The number of hydrogen-bond donors (Lipinski definition) is 0. The van der Waals surface area contributed by atoms with Crippen molar-refractivity contribution < 1.29 is 55.6 Å². The molecule has 0 atom stereocenters. The summed E-state index contributed by atoms with van der Waals surface area (Å²) in [5.74, 6) is -0.512. The van der Waals surface area contributed by atoms with Crippen molar-refractivity contribution >= 4 is 12.3 Å². The fourth-order valence-corrected chi connectivity index (χ4v) is 0.271. The predicted octanol–water partition coefficient (Wildman–Crippen LogP) is 0.0493. The SMILES string of the molecule is CCOC(=O)C[C-]=O.[Pr]. The summed E-state index contributed by atoms with van der Waals surface area (Å²) in [6.45, 7) is 2.00. The molecule has 0 N–H and O–H groups in total. The number of esters is 1. The van der Waals surface area contributed by atoms with Gasteiger partial charge in [-0.15, -0.1) is 0 Å². The van der Waals surface area contributed by atoms with Gasteiger partial charge in [-0.1, -0.05) is 6.42 Å². The Hall–Kier alpha value is 0.504. The first-order chi connectivity index (χ1) is 3.81. The van der Waals surface area contributed by atoms with E-state index in [1.165, 1.54) is 6.29 Å². The molecule has 0 aliphatic heterocycles. The van der Waals surface area contributed by atoms with E-state index in [1.807, 2.05) is 0 Å². The van der Waals surface area contributed by atoms with Crippen molar-refractivity contribution in [3.05, 3.63) is 0 Å². The second-order valence-electron chi connectivity index (χ2n) is 1.13. The molecule has 0 fully saturated rings. The third-order valence-corrected chi connectivity index (χ3v) is 0.522. The molecule has 4 heteroatoms. The monoisotopic (exact) mass is 256 g/mol. The Morgan fingerprint density at radius 3 is 2.56 bits per heavy atom. The molecule has 0 aromatic carbocycles. The molecule has 0 bridgehead atoms. The summed E-state index contributed by atoms with van der Waals surface area (Å²) in [5, 5.41) is 0. The average molecular weight is 256 g/mol. The topological polar surface area (TPSA) is 43.4 Å². The van der Waals surface area contributed by atoms with Crippen LogP contribution in [-0.2, 0) is 14.3 Å². The van der Waals surface area contributed by atoms with E-state index in [-0.39, 0.29) is 47.7 Å². The van der Waals surface area contributed by atoms with Crippen molar-refractivity contribution in [2.24, 2.45) is 0 Å². The van der Waals surface area contributed by atoms with Gasteiger partial charge in [0.25, 0.3) is 5.97 Å². The molecule has 0 aromatic heterocycles. The smallest absolute Gasteiger partial charge is 0.278 e. The molecule has 3 nitrogen and oxygen atoms in total. The van der Waals surface area contributed by atoms with Crippen LogP contribution in [0.3, 0.4) is 0 Å². The predicted molar refractivity (Wildman–Crippen MR) is 26.9 cm³/mol. The molecule has 0 rings (SSSR count). The van der Waals surface area contributed by atoms with E-state index in [0.29, 0.717) is 6.61 Å². The first kappa shape index (κ1) is 12.2. The Morgan fingerprint density at radius 1 is 1.67 bits per heavy atom. The molecule has 0 saturated heterocycles. The minimum absolute atomic E-state index is 0. The van der Waals surface area contributed by atoms with Crippen molar-refractivity contribution in [3.8, 4) is 0 Å². The minimum Gasteiger partial charge on any atom is -0.541 e. The summed E-state index contributed by atoms with van der Waals surface area (Å²) < 4.78 is 4.38. The summed E-state index contributed by atoms with van der Waals surface area (Å²) in [6, 6.07) is 0. The minimum atomic E-state index is -0.512. The van der Waals surface area contributed by atoms with Crippen LogP contribution >= 0.6 is 0 Å². The molecule has 0 unspecified atom stereocenters. The maximum absolute atomic E-state index is 10.2. The van der Waals surface area contributed by atoms with E-state index in [1.54, 1.807) is 6.92 Å². The average Bonchev–Trinajstić information content (AvgIpc) is 1.68. The van der Waals surface area contributed by atoms with Crippen LogP contribution in [0.4, 0.5) is 0 Å². The summed E-state index contributed by atoms with van der Waals surface area (Å²) in [7, 11) is 0. The molecule has 9 heavy (non-hydrogen) atoms. The van der Waals surface area contributed by atoms with Crippen LogP contribution in [0, 0.1) is 41.3 Å². The number of carbonyl (C=O) groups is 1. The molecule has 1 radical (unpaired) electrons. The van der Waals surface area contributed by atoms with Gasteiger partial charge in [-0.05, 0) is 6.92 Å². The zero-order chi connectivity index (χ0) is 6.41. The summed E-state index contributed by atoms with van der Waals surface area (Å²) >= 11 is 0. The van der Waals surface area contributed by atoms with Gasteiger partial charge in [-0.25, -0.2) is 0 Å². The first-order valence-electron chi connectivity index (χ1n) is 2.32. The Kier molecular flexibility index (Phi) is 11.5. The Bertz CT molecular complexity index is 92.2. The van der Waals surface area contributed by atoms with Gasteiger partial charge in [-0.3, -0.25) is 11.1 Å². The molecule has 0 aliphatic carbocycles. The number of ether oxygens (including phenoxy) is 1. The van der Waals surface area contributed by atoms with E-state index in [2.05, 4.69) is 4.74 Å². The van der Waals surface area contributed by atoms with Gasteiger partial charge in [0.1, 0.15) is 0 Å². The van der Waals surface area contributed by atoms with Gasteiger partial charge < -0.3 is 9.53 Å². The zero-order valence-corrected chi connectivity index (χ0v) is 8.92. The van der Waals surface area contributed by atoms with E-state index < -0.39 is 5.97 Å². The van der Waals surface area contributed by atoms with Crippen molar-refractivity contribution in [3.63, 3.8) is 0 Å². The second-order valence-corrected chi connectivity index (χ2v) is 1.13. The van der Waals surface area contributed by atoms with Crippen LogP contribution in [0.5, 0.6) is 0 Å². The van der Waals surface area contributed by atoms with Gasteiger partial charge in [0.15, 0.2) is 0 Å². The van der Waals surface area contributed by atoms with Gasteiger partial charge in [0.05, 0.1) is 6.61 Å². The third kappa shape index (κ3) is 8.50. The molecule has 0 spiro atoms. The number of rotatable bonds is 3. The largest absolute Gasteiger partial charge is 0.541 e. The summed E-state index contributed by atoms with van der Waals surface area (Å²) in [5.41, 5.74) is 0. The molecule has 0 aromatic rings. The Morgan fingerprint density at radius 2 is 2.22 bits per heavy atom. The molecule has 0 saturated carbocycles. The fraction of sp³-hybridized carbons (Fsp3) is 0.600. The summed E-state index contributed by atoms with van der Waals surface area (Å²) in [6.07, 6.45) is 1.17. The Balaban J connectivity index is 0. The van der Waals surface area contributed by atoms with Crippen molar-refractivity contribution in [1.29, 1.82) is 0 Å². The van der Waals surface area contributed by atoms with Crippen LogP contribution in [0.15, 0.2) is 0 Å². The quantitative estimate of drug-likeness (QED) is 0.407. The van der Waals surface area contributed by atoms with Crippen LogP contribution in [0.1, 0.15) is 13.3 Å². The van der Waals surface area contributed by atoms with Crippen LogP contribution < -0.4 is 0 Å². The Labute approximate surface area is 87.1 Å². The standard InChI is InChI=1S/C5H7O3.Pr/c1-2-8-5(7)3-4-6;/h2-3H2,1H3;/q-1;. The van der Waals surface area contributed by atoms with Gasteiger partial charge in [0, 0.05) is 41.3 Å². The van der Waals surface area contributed by atoms with Gasteiger partial charge in [0.2, 0.25) is 0 Å². The second kappa shape index (κ2) is 8.50. The molecule has 0 aliphatic rings. The van der Waals surface area contributed by atoms with Gasteiger partial charge in [-0.2, -0.15) is 0 Å². The van der Waals surface area contributed by atoms with Crippen molar-refractivity contribution in [2.45, 2.75) is 13.3 Å². The number of hydrogen-bond acceptors (Lipinski definition) is 3. The molecular weight excluding hydrogens is 249 g/mol. The molecule has 0 heterocycles. The van der Waals surface area contributed by atoms with Crippen LogP contribution in [0.25, 0.3) is 0 Å². The fourth-order valence-electron chi connectivity index (χ4n) is 0.271. The maximum Gasteiger partial charge on any atom is 0.278 e. The molecule has 49 valence electrons. The van der Waals surface area contributed by atoms with Crippen LogP contribution in [0.2, 0.25) is 0 Å². The maximum atomic E-state index is 10.2. The van der Waals surface area contributed by atoms with Crippen molar-refractivity contribution in [2.75, 3.05) is 6.61 Å². The zero-order valence-electron chi connectivity index (χ0n) is 5.22. The number of carbonyl (C=O) groups excluding carboxylic acids is 2. The van der Waals surface area contributed by atoms with E-state index in [9.17, 15) is 9.59 Å². The van der Waals surface area contributed by atoms with E-state index in [0.717, 1.165) is 0 Å². The first-order valence-corrected chi connectivity index (χ1v) is 2.32. The third-order valence-electron chi connectivity index (χ3n) is 0.522. The van der Waals surface area contributed by atoms with Gasteiger partial charge >= 0.3 is 0 Å². The summed E-state index contributed by atoms with van der Waals surface area (Å²) in [4.78, 5) is 19.6. The molecular formula is C5H7O3Pr-.